The molecule has 0 nitrogen and oxygen atoms in total. The summed E-state index contributed by atoms with van der Waals surface area (Å²) in [5.74, 6) is 2.98. The third kappa shape index (κ3) is 2.00. The molecule has 0 radical (unpaired) electrons. The summed E-state index contributed by atoms with van der Waals surface area (Å²) in [6.45, 7) is 7.08. The molecule has 0 saturated heterocycles. The fourth-order valence-corrected chi connectivity index (χ4v) is 1.94. The molecule has 0 heteroatoms. The summed E-state index contributed by atoms with van der Waals surface area (Å²) < 4.78 is 0. The Balaban J connectivity index is 2.13. The summed E-state index contributed by atoms with van der Waals surface area (Å²) in [5.41, 5.74) is 0. The summed E-state index contributed by atoms with van der Waals surface area (Å²) in [6.07, 6.45) is 5.94. The van der Waals surface area contributed by atoms with E-state index in [4.69, 9.17) is 0 Å². The van der Waals surface area contributed by atoms with Gasteiger partial charge in [0.05, 0.1) is 0 Å². The molecule has 0 aromatic heterocycles. The average molecular weight is 140 g/mol. The van der Waals surface area contributed by atoms with Gasteiger partial charge in [-0.05, 0) is 24.2 Å². The molecule has 1 aliphatic carbocycles. The molecule has 0 aromatic carbocycles. The lowest BCUT2D eigenvalue weighted by atomic mass is 9.74. The second-order valence-electron chi connectivity index (χ2n) is 4.30. The molecule has 1 aliphatic rings. The van der Waals surface area contributed by atoms with Crippen molar-refractivity contribution in [2.75, 3.05) is 0 Å². The number of hydrogen-bond donors (Lipinski definition) is 0. The van der Waals surface area contributed by atoms with E-state index < -0.39 is 0 Å². The molecule has 0 spiro atoms. The van der Waals surface area contributed by atoms with E-state index in [-0.39, 0.29) is 0 Å². The van der Waals surface area contributed by atoms with Gasteiger partial charge in [-0.15, -0.1) is 0 Å². The quantitative estimate of drug-likeness (QED) is 0.563. The molecule has 60 valence electrons. The fraction of sp³-hybridized carbons (Fsp3) is 1.00. The fourth-order valence-electron chi connectivity index (χ4n) is 1.94. The molecule has 0 heterocycles. The van der Waals surface area contributed by atoms with Gasteiger partial charge < -0.3 is 0 Å². The lowest BCUT2D eigenvalue weighted by Crippen LogP contribution is -2.20. The molecule has 0 amide bonds. The van der Waals surface area contributed by atoms with Gasteiger partial charge in [0.2, 0.25) is 0 Å². The molecule has 0 aromatic rings. The van der Waals surface area contributed by atoms with Crippen molar-refractivity contribution in [2.45, 2.75) is 46.5 Å². The van der Waals surface area contributed by atoms with Gasteiger partial charge in [-0.2, -0.15) is 0 Å². The number of hydrogen-bond acceptors (Lipinski definition) is 0. The summed E-state index contributed by atoms with van der Waals surface area (Å²) in [6, 6.07) is 0. The zero-order valence-electron chi connectivity index (χ0n) is 7.56. The lowest BCUT2D eigenvalue weighted by Gasteiger charge is -2.32. The van der Waals surface area contributed by atoms with E-state index in [0.717, 1.165) is 17.8 Å². The summed E-state index contributed by atoms with van der Waals surface area (Å²) >= 11 is 0. The van der Waals surface area contributed by atoms with Crippen LogP contribution in [0.1, 0.15) is 46.5 Å². The van der Waals surface area contributed by atoms with Gasteiger partial charge in [0, 0.05) is 0 Å². The maximum atomic E-state index is 2.42. The first-order valence-corrected chi connectivity index (χ1v) is 4.70. The molecule has 1 fully saturated rings. The SMILES string of the molecule is CC(C)CC(C)C1CCC1. The van der Waals surface area contributed by atoms with Crippen LogP contribution in [-0.4, -0.2) is 0 Å². The van der Waals surface area contributed by atoms with E-state index >= 15 is 0 Å². The third-order valence-corrected chi connectivity index (χ3v) is 2.80. The first-order chi connectivity index (χ1) is 4.70. The van der Waals surface area contributed by atoms with E-state index in [1.165, 1.54) is 25.7 Å². The van der Waals surface area contributed by atoms with Crippen LogP contribution in [0.3, 0.4) is 0 Å². The van der Waals surface area contributed by atoms with E-state index in [2.05, 4.69) is 20.8 Å². The van der Waals surface area contributed by atoms with Crippen molar-refractivity contribution >= 4 is 0 Å². The highest BCUT2D eigenvalue weighted by molar-refractivity contribution is 4.75. The molecule has 0 bridgehead atoms. The van der Waals surface area contributed by atoms with Crippen molar-refractivity contribution in [3.8, 4) is 0 Å². The zero-order valence-corrected chi connectivity index (χ0v) is 7.56. The number of rotatable bonds is 3. The van der Waals surface area contributed by atoms with Crippen molar-refractivity contribution in [2.24, 2.45) is 17.8 Å². The van der Waals surface area contributed by atoms with Crippen LogP contribution in [0.15, 0.2) is 0 Å². The highest BCUT2D eigenvalue weighted by atomic mass is 14.3. The monoisotopic (exact) mass is 140 g/mol. The molecular formula is C10H20. The van der Waals surface area contributed by atoms with Crippen LogP contribution >= 0.6 is 0 Å². The topological polar surface area (TPSA) is 0 Å². The Labute approximate surface area is 65.0 Å². The van der Waals surface area contributed by atoms with Crippen LogP contribution in [0, 0.1) is 17.8 Å². The molecule has 1 atom stereocenters. The van der Waals surface area contributed by atoms with Crippen molar-refractivity contribution < 1.29 is 0 Å². The molecule has 1 saturated carbocycles. The standard InChI is InChI=1S/C10H20/c1-8(2)7-9(3)10-5-4-6-10/h8-10H,4-7H2,1-3H3. The maximum absolute atomic E-state index is 2.42. The Bertz CT molecular complexity index is 90.2. The van der Waals surface area contributed by atoms with Gasteiger partial charge in [-0.25, -0.2) is 0 Å². The van der Waals surface area contributed by atoms with Crippen LogP contribution in [0.4, 0.5) is 0 Å². The van der Waals surface area contributed by atoms with Crippen molar-refractivity contribution in [3.05, 3.63) is 0 Å². The average Bonchev–Trinajstić information content (AvgIpc) is 1.55. The Hall–Kier alpha value is 0. The second kappa shape index (κ2) is 3.41. The van der Waals surface area contributed by atoms with Gasteiger partial charge in [-0.3, -0.25) is 0 Å². The van der Waals surface area contributed by atoms with Crippen LogP contribution < -0.4 is 0 Å². The van der Waals surface area contributed by atoms with Crippen LogP contribution in [0.2, 0.25) is 0 Å². The smallest absolute Gasteiger partial charge is 0.0388 e. The molecule has 0 N–H and O–H groups in total. The minimum Gasteiger partial charge on any atom is -0.0628 e. The molecule has 1 rings (SSSR count). The Kier molecular flexibility index (Phi) is 2.76. The van der Waals surface area contributed by atoms with Gasteiger partial charge in [0.15, 0.2) is 0 Å². The Morgan fingerprint density at radius 3 is 2.10 bits per heavy atom. The summed E-state index contributed by atoms with van der Waals surface area (Å²) in [7, 11) is 0. The van der Waals surface area contributed by atoms with E-state index in [0.29, 0.717) is 0 Å². The summed E-state index contributed by atoms with van der Waals surface area (Å²) in [4.78, 5) is 0. The second-order valence-corrected chi connectivity index (χ2v) is 4.30. The minimum atomic E-state index is 0.899. The first kappa shape index (κ1) is 8.10. The predicted octanol–water partition coefficient (Wildman–Crippen LogP) is 3.47. The van der Waals surface area contributed by atoms with Gasteiger partial charge >= 0.3 is 0 Å². The normalized spacial score (nSPS) is 22.8. The highest BCUT2D eigenvalue weighted by Gasteiger charge is 2.23. The van der Waals surface area contributed by atoms with Gasteiger partial charge in [-0.1, -0.05) is 40.0 Å². The Morgan fingerprint density at radius 2 is 1.80 bits per heavy atom. The van der Waals surface area contributed by atoms with E-state index in [9.17, 15) is 0 Å². The molecule has 10 heavy (non-hydrogen) atoms. The maximum Gasteiger partial charge on any atom is -0.0388 e. The van der Waals surface area contributed by atoms with Gasteiger partial charge in [0.25, 0.3) is 0 Å². The molecular weight excluding hydrogens is 120 g/mol. The zero-order chi connectivity index (χ0) is 7.56. The van der Waals surface area contributed by atoms with Crippen molar-refractivity contribution in [3.63, 3.8) is 0 Å². The first-order valence-electron chi connectivity index (χ1n) is 4.70. The molecule has 1 unspecified atom stereocenters. The van der Waals surface area contributed by atoms with Crippen molar-refractivity contribution in [1.82, 2.24) is 0 Å². The summed E-state index contributed by atoms with van der Waals surface area (Å²) in [5, 5.41) is 0. The van der Waals surface area contributed by atoms with Crippen LogP contribution in [0.5, 0.6) is 0 Å². The lowest BCUT2D eigenvalue weighted by molar-refractivity contribution is 0.195. The third-order valence-electron chi connectivity index (χ3n) is 2.80. The van der Waals surface area contributed by atoms with E-state index in [1.54, 1.807) is 0 Å². The minimum absolute atomic E-state index is 0.899. The Morgan fingerprint density at radius 1 is 1.20 bits per heavy atom. The van der Waals surface area contributed by atoms with Crippen LogP contribution in [0.25, 0.3) is 0 Å². The largest absolute Gasteiger partial charge is 0.0628 e. The van der Waals surface area contributed by atoms with Gasteiger partial charge in [0.1, 0.15) is 0 Å². The highest BCUT2D eigenvalue weighted by Crippen LogP contribution is 2.35. The van der Waals surface area contributed by atoms with E-state index in [1.807, 2.05) is 0 Å². The van der Waals surface area contributed by atoms with Crippen molar-refractivity contribution in [1.29, 1.82) is 0 Å². The predicted molar refractivity (Wildman–Crippen MR) is 46.0 cm³/mol. The van der Waals surface area contributed by atoms with Crippen LogP contribution in [-0.2, 0) is 0 Å². The molecule has 0 aliphatic heterocycles.